The molecule has 0 atom stereocenters. The molecular weight excluding hydrogens is 200 g/mol. The van der Waals surface area contributed by atoms with E-state index in [-0.39, 0.29) is 0 Å². The second kappa shape index (κ2) is 3.73. The van der Waals surface area contributed by atoms with Crippen molar-refractivity contribution in [3.8, 4) is 0 Å². The normalized spacial score (nSPS) is 10.8. The van der Waals surface area contributed by atoms with Crippen molar-refractivity contribution in [2.45, 2.75) is 6.54 Å². The van der Waals surface area contributed by atoms with Crippen molar-refractivity contribution < 1.29 is 0 Å². The third kappa shape index (κ3) is 1.54. The lowest BCUT2D eigenvalue weighted by Gasteiger charge is -2.05. The van der Waals surface area contributed by atoms with Gasteiger partial charge in [0.2, 0.25) is 6.33 Å². The van der Waals surface area contributed by atoms with Gasteiger partial charge in [-0.15, -0.1) is 5.10 Å². The summed E-state index contributed by atoms with van der Waals surface area (Å²) in [7, 11) is 0. The molecular formula is C12H9N4. The highest BCUT2D eigenvalue weighted by atomic mass is 15.5. The van der Waals surface area contributed by atoms with Gasteiger partial charge in [0, 0.05) is 0 Å². The lowest BCUT2D eigenvalue weighted by Crippen LogP contribution is -2.01. The second-order valence-electron chi connectivity index (χ2n) is 3.57. The number of benzene rings is 2. The van der Waals surface area contributed by atoms with Crippen molar-refractivity contribution in [2.75, 3.05) is 0 Å². The maximum absolute atomic E-state index is 3.82. The number of rotatable bonds is 2. The Bertz CT molecular complexity index is 596. The Morgan fingerprint density at radius 1 is 1.06 bits per heavy atom. The van der Waals surface area contributed by atoms with Gasteiger partial charge in [-0.3, -0.25) is 0 Å². The summed E-state index contributed by atoms with van der Waals surface area (Å²) in [5.74, 6) is 0. The van der Waals surface area contributed by atoms with Crippen molar-refractivity contribution in [3.63, 3.8) is 0 Å². The van der Waals surface area contributed by atoms with Crippen LogP contribution in [0.2, 0.25) is 0 Å². The van der Waals surface area contributed by atoms with Gasteiger partial charge in [0.15, 0.2) is 0 Å². The van der Waals surface area contributed by atoms with E-state index in [4.69, 9.17) is 0 Å². The molecule has 16 heavy (non-hydrogen) atoms. The summed E-state index contributed by atoms with van der Waals surface area (Å²) in [6.45, 7) is 0.647. The molecule has 0 unspecified atom stereocenters. The van der Waals surface area contributed by atoms with Crippen molar-refractivity contribution >= 4 is 10.8 Å². The van der Waals surface area contributed by atoms with Crippen LogP contribution in [-0.4, -0.2) is 20.2 Å². The van der Waals surface area contributed by atoms with E-state index in [0.717, 1.165) is 0 Å². The molecule has 0 saturated carbocycles. The molecule has 3 aromatic rings. The molecule has 1 radical (unpaired) electrons. The Hall–Kier alpha value is -2.23. The zero-order valence-electron chi connectivity index (χ0n) is 8.54. The number of nitrogens with zero attached hydrogens (tertiary/aromatic N) is 4. The minimum Gasteiger partial charge on any atom is -0.218 e. The van der Waals surface area contributed by atoms with Gasteiger partial charge in [-0.1, -0.05) is 42.5 Å². The Morgan fingerprint density at radius 3 is 2.81 bits per heavy atom. The molecule has 2 aromatic carbocycles. The Labute approximate surface area is 92.5 Å². The van der Waals surface area contributed by atoms with Crippen LogP contribution in [0.5, 0.6) is 0 Å². The second-order valence-corrected chi connectivity index (χ2v) is 3.57. The first-order valence-electron chi connectivity index (χ1n) is 5.04. The zero-order chi connectivity index (χ0) is 10.8. The molecule has 0 bridgehead atoms. The Morgan fingerprint density at radius 2 is 1.94 bits per heavy atom. The molecule has 77 valence electrons. The van der Waals surface area contributed by atoms with Crippen LogP contribution in [0.15, 0.2) is 42.5 Å². The first-order valence-corrected chi connectivity index (χ1v) is 5.04. The van der Waals surface area contributed by atoms with Crippen LogP contribution < -0.4 is 0 Å². The molecule has 0 aliphatic rings. The predicted molar refractivity (Wildman–Crippen MR) is 59.7 cm³/mol. The fourth-order valence-electron chi connectivity index (χ4n) is 1.82. The van der Waals surface area contributed by atoms with Gasteiger partial charge in [-0.05, 0) is 26.8 Å². The molecule has 0 saturated heterocycles. The average molecular weight is 209 g/mol. The van der Waals surface area contributed by atoms with E-state index in [9.17, 15) is 0 Å². The van der Waals surface area contributed by atoms with Crippen LogP contribution in [0.3, 0.4) is 0 Å². The molecule has 0 spiro atoms. The summed E-state index contributed by atoms with van der Waals surface area (Å²) in [6, 6.07) is 14.5. The maximum Gasteiger partial charge on any atom is 0.221 e. The van der Waals surface area contributed by atoms with Crippen LogP contribution in [0, 0.1) is 6.33 Å². The lowest BCUT2D eigenvalue weighted by molar-refractivity contribution is 0.647. The first-order chi connectivity index (χ1) is 7.93. The molecule has 0 amide bonds. The predicted octanol–water partition coefficient (Wildman–Crippen LogP) is 1.67. The van der Waals surface area contributed by atoms with E-state index in [1.165, 1.54) is 16.3 Å². The van der Waals surface area contributed by atoms with E-state index in [0.29, 0.717) is 6.54 Å². The minimum absolute atomic E-state index is 0.647. The van der Waals surface area contributed by atoms with Crippen LogP contribution in [0.1, 0.15) is 5.56 Å². The topological polar surface area (TPSA) is 43.6 Å². The Balaban J connectivity index is 2.10. The third-order valence-corrected chi connectivity index (χ3v) is 2.55. The molecule has 0 N–H and O–H groups in total. The van der Waals surface area contributed by atoms with Crippen LogP contribution in [0.4, 0.5) is 0 Å². The molecule has 0 fully saturated rings. The fraction of sp³-hybridized carbons (Fsp3) is 0.0833. The molecule has 4 nitrogen and oxygen atoms in total. The van der Waals surface area contributed by atoms with Gasteiger partial charge in [0.05, 0.1) is 6.54 Å². The maximum atomic E-state index is 3.82. The van der Waals surface area contributed by atoms with Gasteiger partial charge in [-0.2, -0.15) is 0 Å². The van der Waals surface area contributed by atoms with E-state index < -0.39 is 0 Å². The number of hydrogen-bond acceptors (Lipinski definition) is 3. The molecule has 3 rings (SSSR count). The highest BCUT2D eigenvalue weighted by molar-refractivity contribution is 5.85. The van der Waals surface area contributed by atoms with Crippen molar-refractivity contribution in [1.29, 1.82) is 0 Å². The summed E-state index contributed by atoms with van der Waals surface area (Å²) in [4.78, 5) is 0. The number of tetrazole rings is 1. The molecule has 0 aliphatic heterocycles. The van der Waals surface area contributed by atoms with Crippen molar-refractivity contribution in [1.82, 2.24) is 20.2 Å². The highest BCUT2D eigenvalue weighted by Gasteiger charge is 2.01. The van der Waals surface area contributed by atoms with Gasteiger partial charge >= 0.3 is 0 Å². The summed E-state index contributed by atoms with van der Waals surface area (Å²) in [6.07, 6.45) is 2.69. The molecule has 0 aliphatic carbocycles. The van der Waals surface area contributed by atoms with Crippen LogP contribution >= 0.6 is 0 Å². The average Bonchev–Trinajstić information content (AvgIpc) is 2.82. The SMILES string of the molecule is [c]1nnnn1Cc1cccc2ccccc12. The van der Waals surface area contributed by atoms with Crippen LogP contribution in [0.25, 0.3) is 10.8 Å². The monoisotopic (exact) mass is 209 g/mol. The number of hydrogen-bond donors (Lipinski definition) is 0. The number of fused-ring (bicyclic) bond motifs is 1. The smallest absolute Gasteiger partial charge is 0.218 e. The summed E-state index contributed by atoms with van der Waals surface area (Å²) >= 11 is 0. The molecule has 1 aromatic heterocycles. The van der Waals surface area contributed by atoms with Gasteiger partial charge in [0.1, 0.15) is 0 Å². The van der Waals surface area contributed by atoms with Gasteiger partial charge < -0.3 is 0 Å². The summed E-state index contributed by atoms with van der Waals surface area (Å²) in [5.41, 5.74) is 1.20. The Kier molecular flexibility index (Phi) is 2.11. The van der Waals surface area contributed by atoms with Gasteiger partial charge in [-0.25, -0.2) is 4.68 Å². The third-order valence-electron chi connectivity index (χ3n) is 2.55. The quantitative estimate of drug-likeness (QED) is 0.645. The standard InChI is InChI=1S/C12H9N4/c1-2-7-12-10(4-1)5-3-6-11(12)8-16-9-13-14-15-16/h1-7H,8H2. The van der Waals surface area contributed by atoms with Crippen molar-refractivity contribution in [2.24, 2.45) is 0 Å². The summed E-state index contributed by atoms with van der Waals surface area (Å²) in [5, 5.41) is 13.4. The highest BCUT2D eigenvalue weighted by Crippen LogP contribution is 2.18. The van der Waals surface area contributed by atoms with Crippen molar-refractivity contribution in [3.05, 3.63) is 54.4 Å². The lowest BCUT2D eigenvalue weighted by atomic mass is 10.0. The van der Waals surface area contributed by atoms with E-state index in [2.05, 4.69) is 46.1 Å². The molecule has 1 heterocycles. The fourth-order valence-corrected chi connectivity index (χ4v) is 1.82. The van der Waals surface area contributed by atoms with Gasteiger partial charge in [0.25, 0.3) is 0 Å². The largest absolute Gasteiger partial charge is 0.221 e. The number of aromatic nitrogens is 4. The summed E-state index contributed by atoms with van der Waals surface area (Å²) < 4.78 is 1.60. The van der Waals surface area contributed by atoms with E-state index in [1.807, 2.05) is 18.2 Å². The zero-order valence-corrected chi connectivity index (χ0v) is 8.54. The minimum atomic E-state index is 0.647. The van der Waals surface area contributed by atoms with E-state index >= 15 is 0 Å². The van der Waals surface area contributed by atoms with E-state index in [1.54, 1.807) is 4.68 Å². The molecule has 4 heteroatoms. The van der Waals surface area contributed by atoms with Crippen LogP contribution in [-0.2, 0) is 6.54 Å². The first kappa shape index (κ1) is 9.03.